The lowest BCUT2D eigenvalue weighted by Gasteiger charge is -2.36. The number of carbonyl (C=O) groups excluding carboxylic acids is 2. The number of ketones is 1. The van der Waals surface area contributed by atoms with Gasteiger partial charge in [0, 0.05) is 7.05 Å². The fraction of sp³-hybridized carbons (Fsp3) is 0.778. The van der Waals surface area contributed by atoms with Crippen LogP contribution < -0.4 is 0 Å². The summed E-state index contributed by atoms with van der Waals surface area (Å²) in [6, 6.07) is 0. The number of amides is 1. The Labute approximate surface area is 108 Å². The van der Waals surface area contributed by atoms with Crippen LogP contribution in [0, 0.1) is 0 Å². The van der Waals surface area contributed by atoms with Gasteiger partial charge >= 0.3 is 18.0 Å². The third-order valence-electron chi connectivity index (χ3n) is 2.57. The average Bonchev–Trinajstić information content (AvgIpc) is 2.23. The Bertz CT molecular complexity index is 353. The standard InChI is InChI=1S/C9H11BrF5NO2/c1-7(2,5(17)4-10)16(3)6(18)8(11,12)9(13,14)15/h4H2,1-3H3. The maximum absolute atomic E-state index is 12.8. The molecule has 0 fully saturated rings. The molecule has 0 aliphatic rings. The van der Waals surface area contributed by atoms with Crippen LogP contribution in [-0.4, -0.2) is 46.6 Å². The largest absolute Gasteiger partial charge is 0.463 e. The molecule has 0 aromatic rings. The molecule has 0 aliphatic heterocycles. The van der Waals surface area contributed by atoms with Crippen molar-refractivity contribution in [2.45, 2.75) is 31.5 Å². The average molecular weight is 340 g/mol. The Hall–Kier alpha value is -0.730. The number of hydrogen-bond acceptors (Lipinski definition) is 2. The van der Waals surface area contributed by atoms with Crippen LogP contribution in [0.2, 0.25) is 0 Å². The van der Waals surface area contributed by atoms with Gasteiger partial charge in [0.25, 0.3) is 0 Å². The fourth-order valence-corrected chi connectivity index (χ4v) is 1.62. The molecule has 3 nitrogen and oxygen atoms in total. The Morgan fingerprint density at radius 1 is 1.11 bits per heavy atom. The maximum atomic E-state index is 12.8. The maximum Gasteiger partial charge on any atom is 0.463 e. The van der Waals surface area contributed by atoms with Crippen LogP contribution in [0.25, 0.3) is 0 Å². The molecule has 0 unspecified atom stereocenters. The first-order chi connectivity index (χ1) is 7.80. The van der Waals surface area contributed by atoms with Gasteiger partial charge in [-0.1, -0.05) is 15.9 Å². The minimum absolute atomic E-state index is 0.101. The van der Waals surface area contributed by atoms with E-state index in [9.17, 15) is 31.5 Å². The summed E-state index contributed by atoms with van der Waals surface area (Å²) in [5, 5.41) is -0.269. The van der Waals surface area contributed by atoms with E-state index in [4.69, 9.17) is 0 Å². The molecule has 18 heavy (non-hydrogen) atoms. The van der Waals surface area contributed by atoms with Gasteiger partial charge in [-0.15, -0.1) is 0 Å². The van der Waals surface area contributed by atoms with Crippen molar-refractivity contribution in [3.63, 3.8) is 0 Å². The van der Waals surface area contributed by atoms with E-state index >= 15 is 0 Å². The van der Waals surface area contributed by atoms with Crippen LogP contribution in [0.15, 0.2) is 0 Å². The van der Waals surface area contributed by atoms with Gasteiger partial charge in [-0.25, -0.2) is 0 Å². The highest BCUT2D eigenvalue weighted by Crippen LogP contribution is 2.37. The molecular formula is C9H11BrF5NO2. The molecule has 0 aromatic heterocycles. The number of nitrogens with zero attached hydrogens (tertiary/aromatic N) is 1. The Kier molecular flexibility index (Phi) is 4.89. The molecule has 0 radical (unpaired) electrons. The van der Waals surface area contributed by atoms with Gasteiger partial charge in [-0.2, -0.15) is 22.0 Å². The highest BCUT2D eigenvalue weighted by atomic mass is 79.9. The molecule has 0 spiro atoms. The molecule has 0 heterocycles. The first kappa shape index (κ1) is 17.3. The molecule has 0 aromatic carbocycles. The molecule has 106 valence electrons. The van der Waals surface area contributed by atoms with Crippen LogP contribution in [-0.2, 0) is 9.59 Å². The van der Waals surface area contributed by atoms with Gasteiger partial charge in [0.2, 0.25) is 0 Å². The van der Waals surface area contributed by atoms with Gasteiger partial charge in [-0.3, -0.25) is 9.59 Å². The van der Waals surface area contributed by atoms with Crippen LogP contribution in [0.5, 0.6) is 0 Å². The van der Waals surface area contributed by atoms with Crippen LogP contribution in [0.1, 0.15) is 13.8 Å². The van der Waals surface area contributed by atoms with E-state index < -0.39 is 29.3 Å². The molecule has 0 atom stereocenters. The summed E-state index contributed by atoms with van der Waals surface area (Å²) in [7, 11) is 0.725. The van der Waals surface area contributed by atoms with Gasteiger partial charge in [-0.05, 0) is 13.8 Å². The second-order valence-electron chi connectivity index (χ2n) is 4.05. The minimum atomic E-state index is -5.99. The lowest BCUT2D eigenvalue weighted by atomic mass is 9.97. The van der Waals surface area contributed by atoms with Crippen LogP contribution >= 0.6 is 15.9 Å². The van der Waals surface area contributed by atoms with Crippen molar-refractivity contribution in [3.05, 3.63) is 0 Å². The van der Waals surface area contributed by atoms with Gasteiger partial charge < -0.3 is 4.90 Å². The Balaban J connectivity index is 5.31. The van der Waals surface area contributed by atoms with Gasteiger partial charge in [0.05, 0.1) is 10.9 Å². The molecule has 0 saturated carbocycles. The van der Waals surface area contributed by atoms with E-state index in [2.05, 4.69) is 15.9 Å². The number of halogens is 6. The zero-order valence-electron chi connectivity index (χ0n) is 9.74. The molecule has 9 heteroatoms. The monoisotopic (exact) mass is 339 g/mol. The summed E-state index contributed by atoms with van der Waals surface area (Å²) in [5.74, 6) is -8.68. The van der Waals surface area contributed by atoms with Crippen LogP contribution in [0.3, 0.4) is 0 Å². The molecule has 1 amide bonds. The predicted molar refractivity (Wildman–Crippen MR) is 56.7 cm³/mol. The van der Waals surface area contributed by atoms with Gasteiger partial charge in [0.1, 0.15) is 0 Å². The SMILES string of the molecule is CN(C(=O)C(F)(F)C(F)(F)F)C(C)(C)C(=O)CBr. The highest BCUT2D eigenvalue weighted by molar-refractivity contribution is 9.09. The molecule has 0 saturated heterocycles. The topological polar surface area (TPSA) is 37.4 Å². The Morgan fingerprint density at radius 2 is 1.50 bits per heavy atom. The lowest BCUT2D eigenvalue weighted by molar-refractivity contribution is -0.275. The van der Waals surface area contributed by atoms with E-state index in [1.54, 1.807) is 0 Å². The summed E-state index contributed by atoms with van der Waals surface area (Å²) in [4.78, 5) is 22.7. The normalized spacial score (nSPS) is 13.4. The van der Waals surface area contributed by atoms with Gasteiger partial charge in [0.15, 0.2) is 5.78 Å². The van der Waals surface area contributed by atoms with Crippen molar-refractivity contribution in [2.24, 2.45) is 0 Å². The quantitative estimate of drug-likeness (QED) is 0.582. The Morgan fingerprint density at radius 3 is 1.78 bits per heavy atom. The van der Waals surface area contributed by atoms with E-state index in [1.807, 2.05) is 0 Å². The number of alkyl halides is 6. The van der Waals surface area contributed by atoms with Crippen LogP contribution in [0.4, 0.5) is 22.0 Å². The van der Waals surface area contributed by atoms with Crippen molar-refractivity contribution in [1.29, 1.82) is 0 Å². The van der Waals surface area contributed by atoms with E-state index in [0.29, 0.717) is 0 Å². The van der Waals surface area contributed by atoms with Crippen molar-refractivity contribution < 1.29 is 31.5 Å². The fourth-order valence-electron chi connectivity index (χ4n) is 0.936. The first-order valence-electron chi connectivity index (χ1n) is 4.62. The third-order valence-corrected chi connectivity index (χ3v) is 3.08. The second-order valence-corrected chi connectivity index (χ2v) is 4.61. The third kappa shape index (κ3) is 2.99. The number of likely N-dealkylation sites (N-methyl/N-ethyl adjacent to an activating group) is 1. The van der Waals surface area contributed by atoms with Crippen molar-refractivity contribution >= 4 is 27.6 Å². The summed E-state index contributed by atoms with van der Waals surface area (Å²) >= 11 is 2.76. The predicted octanol–water partition coefficient (Wildman–Crippen LogP) is 2.39. The molecule has 0 bridgehead atoms. The second kappa shape index (κ2) is 5.10. The summed E-state index contributed by atoms with van der Waals surface area (Å²) in [6.07, 6.45) is -5.99. The zero-order chi connectivity index (χ0) is 14.9. The number of hydrogen-bond donors (Lipinski definition) is 0. The smallest absolute Gasteiger partial charge is 0.328 e. The van der Waals surface area contributed by atoms with E-state index in [0.717, 1.165) is 20.9 Å². The van der Waals surface area contributed by atoms with Crippen molar-refractivity contribution in [2.75, 3.05) is 12.4 Å². The molecule has 0 rings (SSSR count). The van der Waals surface area contributed by atoms with E-state index in [1.165, 1.54) is 0 Å². The van der Waals surface area contributed by atoms with E-state index in [-0.39, 0.29) is 10.2 Å². The number of rotatable bonds is 4. The highest BCUT2D eigenvalue weighted by Gasteiger charge is 2.65. The zero-order valence-corrected chi connectivity index (χ0v) is 11.3. The number of Topliss-reactive ketones (excluding diaryl/α,β-unsaturated/α-hetero) is 1. The summed E-state index contributed by atoms with van der Waals surface area (Å²) < 4.78 is 61.7. The first-order valence-corrected chi connectivity index (χ1v) is 5.74. The summed E-state index contributed by atoms with van der Waals surface area (Å²) in [5.41, 5.74) is -1.77. The number of carbonyl (C=O) groups is 2. The van der Waals surface area contributed by atoms with Crippen molar-refractivity contribution in [1.82, 2.24) is 4.90 Å². The molecule has 0 aliphatic carbocycles. The van der Waals surface area contributed by atoms with Crippen molar-refractivity contribution in [3.8, 4) is 0 Å². The summed E-state index contributed by atoms with van der Waals surface area (Å²) in [6.45, 7) is 2.17. The molecular weight excluding hydrogens is 329 g/mol. The molecule has 0 N–H and O–H groups in total. The lowest BCUT2D eigenvalue weighted by Crippen LogP contribution is -2.59. The minimum Gasteiger partial charge on any atom is -0.328 e.